The Labute approximate surface area is 101 Å². The SMILES string of the molecule is OCC1CCCCC1CNCc1cncs1. The van der Waals surface area contributed by atoms with Gasteiger partial charge in [-0.15, -0.1) is 11.3 Å². The van der Waals surface area contributed by atoms with Crippen molar-refractivity contribution < 1.29 is 5.11 Å². The van der Waals surface area contributed by atoms with Crippen molar-refractivity contribution in [3.63, 3.8) is 0 Å². The maximum absolute atomic E-state index is 9.31. The molecular weight excluding hydrogens is 220 g/mol. The summed E-state index contributed by atoms with van der Waals surface area (Å²) in [5.41, 5.74) is 1.87. The third-order valence-electron chi connectivity index (χ3n) is 3.49. The molecule has 90 valence electrons. The molecule has 1 aromatic heterocycles. The molecule has 3 nitrogen and oxygen atoms in total. The molecule has 1 aliphatic carbocycles. The molecule has 2 atom stereocenters. The molecule has 0 bridgehead atoms. The van der Waals surface area contributed by atoms with Gasteiger partial charge < -0.3 is 10.4 Å². The zero-order valence-corrected chi connectivity index (χ0v) is 10.4. The van der Waals surface area contributed by atoms with Crippen LogP contribution in [0.2, 0.25) is 0 Å². The monoisotopic (exact) mass is 240 g/mol. The molecule has 16 heavy (non-hydrogen) atoms. The summed E-state index contributed by atoms with van der Waals surface area (Å²) in [7, 11) is 0. The first-order valence-corrected chi connectivity index (χ1v) is 6.97. The van der Waals surface area contributed by atoms with E-state index in [2.05, 4.69) is 10.3 Å². The lowest BCUT2D eigenvalue weighted by molar-refractivity contribution is 0.133. The number of hydrogen-bond donors (Lipinski definition) is 2. The molecule has 0 saturated heterocycles. The summed E-state index contributed by atoms with van der Waals surface area (Å²) >= 11 is 1.69. The lowest BCUT2D eigenvalue weighted by Crippen LogP contribution is -2.32. The van der Waals surface area contributed by atoms with Crippen molar-refractivity contribution in [3.05, 3.63) is 16.6 Å². The molecule has 0 spiro atoms. The van der Waals surface area contributed by atoms with Gasteiger partial charge in [0.1, 0.15) is 0 Å². The van der Waals surface area contributed by atoms with Crippen LogP contribution in [0.1, 0.15) is 30.6 Å². The first kappa shape index (κ1) is 12.0. The van der Waals surface area contributed by atoms with Crippen LogP contribution in [-0.2, 0) is 6.54 Å². The topological polar surface area (TPSA) is 45.1 Å². The minimum atomic E-state index is 0.354. The van der Waals surface area contributed by atoms with Gasteiger partial charge in [0, 0.05) is 24.2 Å². The quantitative estimate of drug-likeness (QED) is 0.828. The molecule has 2 unspecified atom stereocenters. The molecule has 0 aliphatic heterocycles. The van der Waals surface area contributed by atoms with Gasteiger partial charge in [-0.2, -0.15) is 0 Å². The first-order valence-electron chi connectivity index (χ1n) is 6.09. The molecule has 1 fully saturated rings. The molecule has 2 N–H and O–H groups in total. The minimum Gasteiger partial charge on any atom is -0.396 e. The summed E-state index contributed by atoms with van der Waals surface area (Å²) < 4.78 is 0. The van der Waals surface area contributed by atoms with Gasteiger partial charge in [0.05, 0.1) is 5.51 Å². The van der Waals surface area contributed by atoms with Crippen molar-refractivity contribution in [1.29, 1.82) is 0 Å². The summed E-state index contributed by atoms with van der Waals surface area (Å²) in [5, 5.41) is 12.8. The minimum absolute atomic E-state index is 0.354. The van der Waals surface area contributed by atoms with Gasteiger partial charge in [0.15, 0.2) is 0 Å². The fraction of sp³-hybridized carbons (Fsp3) is 0.750. The van der Waals surface area contributed by atoms with Gasteiger partial charge in [-0.1, -0.05) is 12.8 Å². The number of thiazole rings is 1. The Morgan fingerprint density at radius 1 is 1.38 bits per heavy atom. The lowest BCUT2D eigenvalue weighted by Gasteiger charge is -2.30. The predicted octanol–water partition coefficient (Wildman–Crippen LogP) is 2.03. The highest BCUT2D eigenvalue weighted by Gasteiger charge is 2.23. The molecule has 0 amide bonds. The van der Waals surface area contributed by atoms with Crippen LogP contribution in [0.5, 0.6) is 0 Å². The Bertz CT molecular complexity index is 289. The Balaban J connectivity index is 1.71. The number of nitrogens with zero attached hydrogens (tertiary/aromatic N) is 1. The molecular formula is C12H20N2OS. The van der Waals surface area contributed by atoms with Crippen LogP contribution < -0.4 is 5.32 Å². The van der Waals surface area contributed by atoms with E-state index < -0.39 is 0 Å². The van der Waals surface area contributed by atoms with Crippen LogP contribution in [-0.4, -0.2) is 23.2 Å². The zero-order chi connectivity index (χ0) is 11.2. The zero-order valence-electron chi connectivity index (χ0n) is 9.56. The molecule has 1 aromatic rings. The molecule has 1 aliphatic rings. The summed E-state index contributed by atoms with van der Waals surface area (Å²) in [6.45, 7) is 2.30. The number of aromatic nitrogens is 1. The van der Waals surface area contributed by atoms with Gasteiger partial charge in [0.25, 0.3) is 0 Å². The number of hydrogen-bond acceptors (Lipinski definition) is 4. The summed E-state index contributed by atoms with van der Waals surface area (Å²) in [6, 6.07) is 0. The van der Waals surface area contributed by atoms with Gasteiger partial charge in [-0.05, 0) is 31.2 Å². The number of aliphatic hydroxyl groups is 1. The van der Waals surface area contributed by atoms with Crippen LogP contribution in [0.25, 0.3) is 0 Å². The highest BCUT2D eigenvalue weighted by Crippen LogP contribution is 2.29. The predicted molar refractivity (Wildman–Crippen MR) is 66.4 cm³/mol. The van der Waals surface area contributed by atoms with Gasteiger partial charge in [-0.3, -0.25) is 4.98 Å². The van der Waals surface area contributed by atoms with Crippen molar-refractivity contribution in [2.75, 3.05) is 13.2 Å². The highest BCUT2D eigenvalue weighted by molar-refractivity contribution is 7.09. The average molecular weight is 240 g/mol. The normalized spacial score (nSPS) is 25.8. The smallest absolute Gasteiger partial charge is 0.0794 e. The van der Waals surface area contributed by atoms with Crippen LogP contribution in [0.3, 0.4) is 0 Å². The van der Waals surface area contributed by atoms with Crippen molar-refractivity contribution >= 4 is 11.3 Å². The standard InChI is InChI=1S/C12H20N2OS/c15-8-11-4-2-1-3-10(11)5-13-6-12-7-14-9-16-12/h7,9-11,13,15H,1-6,8H2. The second kappa shape index (κ2) is 6.33. The summed E-state index contributed by atoms with van der Waals surface area (Å²) in [4.78, 5) is 5.35. The van der Waals surface area contributed by atoms with Crippen molar-refractivity contribution in [2.45, 2.75) is 32.2 Å². The largest absolute Gasteiger partial charge is 0.396 e. The van der Waals surface area contributed by atoms with E-state index in [0.717, 1.165) is 13.1 Å². The van der Waals surface area contributed by atoms with E-state index in [1.807, 2.05) is 11.7 Å². The molecule has 1 saturated carbocycles. The van der Waals surface area contributed by atoms with E-state index in [1.54, 1.807) is 11.3 Å². The Morgan fingerprint density at radius 2 is 2.19 bits per heavy atom. The molecule has 0 radical (unpaired) electrons. The third kappa shape index (κ3) is 3.27. The van der Waals surface area contributed by atoms with Crippen molar-refractivity contribution in [2.24, 2.45) is 11.8 Å². The number of nitrogens with one attached hydrogen (secondary N) is 1. The van der Waals surface area contributed by atoms with Crippen LogP contribution in [0, 0.1) is 11.8 Å². The van der Waals surface area contributed by atoms with Gasteiger partial charge in [0.2, 0.25) is 0 Å². The molecule has 0 aromatic carbocycles. The second-order valence-electron chi connectivity index (χ2n) is 4.59. The van der Waals surface area contributed by atoms with Gasteiger partial charge >= 0.3 is 0 Å². The highest BCUT2D eigenvalue weighted by atomic mass is 32.1. The van der Waals surface area contributed by atoms with Crippen LogP contribution in [0.4, 0.5) is 0 Å². The number of rotatable bonds is 5. The fourth-order valence-electron chi connectivity index (χ4n) is 2.50. The van der Waals surface area contributed by atoms with E-state index in [4.69, 9.17) is 0 Å². The molecule has 2 rings (SSSR count). The van der Waals surface area contributed by atoms with E-state index in [1.165, 1.54) is 30.6 Å². The van der Waals surface area contributed by atoms with Crippen LogP contribution >= 0.6 is 11.3 Å². The molecule has 4 heteroatoms. The lowest BCUT2D eigenvalue weighted by atomic mass is 9.79. The summed E-state index contributed by atoms with van der Waals surface area (Å²) in [6.07, 6.45) is 6.99. The fourth-order valence-corrected chi connectivity index (χ4v) is 3.07. The van der Waals surface area contributed by atoms with E-state index in [9.17, 15) is 5.11 Å². The van der Waals surface area contributed by atoms with E-state index >= 15 is 0 Å². The maximum Gasteiger partial charge on any atom is 0.0794 e. The number of aliphatic hydroxyl groups excluding tert-OH is 1. The Kier molecular flexibility index (Phi) is 4.75. The van der Waals surface area contributed by atoms with Crippen molar-refractivity contribution in [1.82, 2.24) is 10.3 Å². The van der Waals surface area contributed by atoms with E-state index in [0.29, 0.717) is 18.4 Å². The first-order chi connectivity index (χ1) is 7.90. The van der Waals surface area contributed by atoms with Crippen molar-refractivity contribution in [3.8, 4) is 0 Å². The Morgan fingerprint density at radius 3 is 2.88 bits per heavy atom. The second-order valence-corrected chi connectivity index (χ2v) is 5.56. The summed E-state index contributed by atoms with van der Waals surface area (Å²) in [5.74, 6) is 1.18. The van der Waals surface area contributed by atoms with Gasteiger partial charge in [-0.25, -0.2) is 0 Å². The maximum atomic E-state index is 9.31. The molecule has 1 heterocycles. The average Bonchev–Trinajstić information content (AvgIpc) is 2.83. The van der Waals surface area contributed by atoms with E-state index in [-0.39, 0.29) is 0 Å². The van der Waals surface area contributed by atoms with Crippen LogP contribution in [0.15, 0.2) is 11.7 Å². The Hall–Kier alpha value is -0.450. The third-order valence-corrected chi connectivity index (χ3v) is 4.27.